The Balaban J connectivity index is 1.52. The van der Waals surface area contributed by atoms with E-state index in [0.717, 1.165) is 36.3 Å². The van der Waals surface area contributed by atoms with E-state index in [1.165, 1.54) is 11.2 Å². The van der Waals surface area contributed by atoms with Gasteiger partial charge in [-0.15, -0.1) is 0 Å². The van der Waals surface area contributed by atoms with Crippen LogP contribution in [0.4, 0.5) is 0 Å². The van der Waals surface area contributed by atoms with Crippen molar-refractivity contribution in [2.24, 2.45) is 0 Å². The summed E-state index contributed by atoms with van der Waals surface area (Å²) in [7, 11) is 0. The first kappa shape index (κ1) is 24.7. The number of hydrogen-bond acceptors (Lipinski definition) is 6. The standard InChI is InChI=1S/C30H31NO6/c1-3-4-5-14-35-23-11-8-20(9-12-23)27-26(29(33)30(34)31(27)18-24-7-6-15-36-24)28(32)21-10-13-25-22(17-21)16-19(2)37-25/h6-13,15,17,19,27,32H,3-5,14,16,18H2,1-2H3. The zero-order valence-corrected chi connectivity index (χ0v) is 21.1. The summed E-state index contributed by atoms with van der Waals surface area (Å²) in [6.45, 7) is 4.86. The van der Waals surface area contributed by atoms with Gasteiger partial charge in [0.05, 0.1) is 31.0 Å². The van der Waals surface area contributed by atoms with Crippen LogP contribution >= 0.6 is 0 Å². The van der Waals surface area contributed by atoms with E-state index in [9.17, 15) is 14.7 Å². The van der Waals surface area contributed by atoms with Crippen LogP contribution in [-0.4, -0.2) is 34.4 Å². The van der Waals surface area contributed by atoms with Gasteiger partial charge in [0, 0.05) is 12.0 Å². The van der Waals surface area contributed by atoms with Crippen molar-refractivity contribution in [3.8, 4) is 11.5 Å². The van der Waals surface area contributed by atoms with Crippen LogP contribution in [0.25, 0.3) is 5.76 Å². The Kier molecular flexibility index (Phi) is 7.04. The lowest BCUT2D eigenvalue weighted by Gasteiger charge is -2.24. The molecule has 2 aliphatic heterocycles. The molecule has 7 nitrogen and oxygen atoms in total. The summed E-state index contributed by atoms with van der Waals surface area (Å²) in [5, 5.41) is 11.4. The zero-order valence-electron chi connectivity index (χ0n) is 21.1. The van der Waals surface area contributed by atoms with Crippen LogP contribution in [0.15, 0.2) is 70.9 Å². The summed E-state index contributed by atoms with van der Waals surface area (Å²) < 4.78 is 17.1. The maximum atomic E-state index is 13.3. The van der Waals surface area contributed by atoms with E-state index in [-0.39, 0.29) is 24.0 Å². The van der Waals surface area contributed by atoms with Gasteiger partial charge < -0.3 is 23.9 Å². The van der Waals surface area contributed by atoms with E-state index in [1.54, 1.807) is 24.3 Å². The number of benzene rings is 2. The number of likely N-dealkylation sites (tertiary alicyclic amines) is 1. The second-order valence-electron chi connectivity index (χ2n) is 9.59. The number of ketones is 1. The number of furan rings is 1. The third-order valence-electron chi connectivity index (χ3n) is 6.83. The van der Waals surface area contributed by atoms with Crippen molar-refractivity contribution in [3.63, 3.8) is 0 Å². The van der Waals surface area contributed by atoms with E-state index < -0.39 is 17.7 Å². The van der Waals surface area contributed by atoms with Crippen LogP contribution in [0.3, 0.4) is 0 Å². The molecule has 2 aliphatic rings. The molecule has 0 radical (unpaired) electrons. The molecule has 1 fully saturated rings. The molecule has 192 valence electrons. The smallest absolute Gasteiger partial charge is 0.296 e. The third-order valence-corrected chi connectivity index (χ3v) is 6.83. The average Bonchev–Trinajstić information content (AvgIpc) is 3.61. The van der Waals surface area contributed by atoms with Crippen LogP contribution in [0.1, 0.15) is 61.6 Å². The summed E-state index contributed by atoms with van der Waals surface area (Å²) in [6.07, 6.45) is 5.49. The Morgan fingerprint density at radius 1 is 1.11 bits per heavy atom. The van der Waals surface area contributed by atoms with Gasteiger partial charge in [-0.25, -0.2) is 0 Å². The summed E-state index contributed by atoms with van der Waals surface area (Å²) >= 11 is 0. The van der Waals surface area contributed by atoms with Crippen molar-refractivity contribution < 1.29 is 28.6 Å². The highest BCUT2D eigenvalue weighted by Crippen LogP contribution is 2.41. The molecule has 2 unspecified atom stereocenters. The van der Waals surface area contributed by atoms with Crippen molar-refractivity contribution in [1.29, 1.82) is 0 Å². The minimum atomic E-state index is -0.775. The Bertz CT molecular complexity index is 1310. The lowest BCUT2D eigenvalue weighted by atomic mass is 9.94. The highest BCUT2D eigenvalue weighted by Gasteiger charge is 2.46. The molecule has 2 atom stereocenters. The predicted molar refractivity (Wildman–Crippen MR) is 138 cm³/mol. The summed E-state index contributed by atoms with van der Waals surface area (Å²) in [5.74, 6) is 0.433. The van der Waals surface area contributed by atoms with Gasteiger partial charge in [-0.05, 0) is 66.9 Å². The van der Waals surface area contributed by atoms with E-state index in [4.69, 9.17) is 13.9 Å². The minimum absolute atomic E-state index is 0.0500. The zero-order chi connectivity index (χ0) is 25.9. The van der Waals surface area contributed by atoms with Crippen molar-refractivity contribution in [1.82, 2.24) is 4.90 Å². The van der Waals surface area contributed by atoms with Crippen molar-refractivity contribution >= 4 is 17.4 Å². The highest BCUT2D eigenvalue weighted by atomic mass is 16.5. The van der Waals surface area contributed by atoms with Crippen molar-refractivity contribution in [2.75, 3.05) is 6.61 Å². The van der Waals surface area contributed by atoms with E-state index in [1.807, 2.05) is 37.3 Å². The number of unbranched alkanes of at least 4 members (excludes halogenated alkanes) is 2. The number of carbonyl (C=O) groups excluding carboxylic acids is 2. The molecular weight excluding hydrogens is 470 g/mol. The van der Waals surface area contributed by atoms with Crippen LogP contribution in [0.5, 0.6) is 11.5 Å². The topological polar surface area (TPSA) is 89.2 Å². The van der Waals surface area contributed by atoms with Crippen molar-refractivity contribution in [2.45, 2.75) is 58.2 Å². The second kappa shape index (κ2) is 10.5. The number of aliphatic hydroxyl groups excluding tert-OH is 1. The maximum Gasteiger partial charge on any atom is 0.296 e. The molecule has 3 heterocycles. The molecule has 2 aromatic carbocycles. The Hall–Kier alpha value is -4.00. The Morgan fingerprint density at radius 2 is 1.92 bits per heavy atom. The quantitative estimate of drug-likeness (QED) is 0.173. The van der Waals surface area contributed by atoms with Gasteiger partial charge in [0.25, 0.3) is 11.7 Å². The summed E-state index contributed by atoms with van der Waals surface area (Å²) in [5.41, 5.74) is 2.20. The van der Waals surface area contributed by atoms with Crippen LogP contribution < -0.4 is 9.47 Å². The number of Topliss-reactive ketones (excluding diaryl/α,β-unsaturated/α-hetero) is 1. The maximum absolute atomic E-state index is 13.3. The first-order valence-corrected chi connectivity index (χ1v) is 12.8. The molecule has 1 N–H and O–H groups in total. The minimum Gasteiger partial charge on any atom is -0.507 e. The van der Waals surface area contributed by atoms with Crippen LogP contribution in [0, 0.1) is 0 Å². The molecule has 0 bridgehead atoms. The average molecular weight is 502 g/mol. The number of carbonyl (C=O) groups is 2. The lowest BCUT2D eigenvalue weighted by molar-refractivity contribution is -0.140. The van der Waals surface area contributed by atoms with Gasteiger partial charge >= 0.3 is 0 Å². The van der Waals surface area contributed by atoms with Gasteiger partial charge in [-0.3, -0.25) is 9.59 Å². The molecule has 0 saturated carbocycles. The van der Waals surface area contributed by atoms with Gasteiger partial charge in [-0.1, -0.05) is 31.9 Å². The fraction of sp³-hybridized carbons (Fsp3) is 0.333. The normalized spacial score (nSPS) is 20.2. The van der Waals surface area contributed by atoms with Gasteiger partial charge in [0.2, 0.25) is 0 Å². The van der Waals surface area contributed by atoms with Gasteiger partial charge in [-0.2, -0.15) is 0 Å². The molecule has 1 amide bonds. The van der Waals surface area contributed by atoms with E-state index in [2.05, 4.69) is 6.92 Å². The molecule has 0 aliphatic carbocycles. The number of fused-ring (bicyclic) bond motifs is 1. The summed E-state index contributed by atoms with van der Waals surface area (Å²) in [6, 6.07) is 15.4. The fourth-order valence-electron chi connectivity index (χ4n) is 4.97. The number of ether oxygens (including phenoxy) is 2. The van der Waals surface area contributed by atoms with Crippen molar-refractivity contribution in [3.05, 3.63) is 88.9 Å². The summed E-state index contributed by atoms with van der Waals surface area (Å²) in [4.78, 5) is 28.0. The monoisotopic (exact) mass is 501 g/mol. The molecule has 0 spiro atoms. The molecule has 37 heavy (non-hydrogen) atoms. The number of nitrogens with zero attached hydrogens (tertiary/aromatic N) is 1. The number of amides is 1. The Morgan fingerprint density at radius 3 is 2.65 bits per heavy atom. The molecular formula is C30H31NO6. The molecule has 7 heteroatoms. The van der Waals surface area contributed by atoms with Crippen LogP contribution in [0.2, 0.25) is 0 Å². The number of rotatable bonds is 9. The van der Waals surface area contributed by atoms with Crippen LogP contribution in [-0.2, 0) is 22.6 Å². The first-order chi connectivity index (χ1) is 18.0. The van der Waals surface area contributed by atoms with E-state index >= 15 is 0 Å². The Labute approximate surface area is 216 Å². The molecule has 3 aromatic rings. The molecule has 5 rings (SSSR count). The number of hydrogen-bond donors (Lipinski definition) is 1. The SMILES string of the molecule is CCCCCOc1ccc(C2C(=C(O)c3ccc4c(c3)CC(C)O4)C(=O)C(=O)N2Cc2ccco2)cc1. The highest BCUT2D eigenvalue weighted by molar-refractivity contribution is 6.46. The first-order valence-electron chi connectivity index (χ1n) is 12.8. The van der Waals surface area contributed by atoms with E-state index in [0.29, 0.717) is 29.9 Å². The second-order valence-corrected chi connectivity index (χ2v) is 9.59. The third kappa shape index (κ3) is 4.99. The number of aliphatic hydroxyl groups is 1. The van der Waals surface area contributed by atoms with Gasteiger partial charge in [0.1, 0.15) is 29.1 Å². The predicted octanol–water partition coefficient (Wildman–Crippen LogP) is 5.79. The molecule has 1 saturated heterocycles. The fourth-order valence-corrected chi connectivity index (χ4v) is 4.97. The lowest BCUT2D eigenvalue weighted by Crippen LogP contribution is -2.29. The van der Waals surface area contributed by atoms with Gasteiger partial charge in [0.15, 0.2) is 0 Å². The molecule has 1 aromatic heterocycles. The largest absolute Gasteiger partial charge is 0.507 e.